The third-order valence-corrected chi connectivity index (χ3v) is 21.2. The van der Waals surface area contributed by atoms with E-state index < -0.39 is 97.5 Å². The van der Waals surface area contributed by atoms with E-state index in [9.17, 15) is 43.2 Å². The molecule has 0 saturated carbocycles. The van der Waals surface area contributed by atoms with Crippen LogP contribution in [0.1, 0.15) is 439 Å². The zero-order chi connectivity index (χ0) is 74.1. The molecule has 0 rings (SSSR count). The van der Waals surface area contributed by atoms with Gasteiger partial charge in [0.25, 0.3) is 0 Å². The van der Waals surface area contributed by atoms with E-state index >= 15 is 0 Å². The Kier molecular flexibility index (Phi) is 73.5. The highest BCUT2D eigenvalue weighted by atomic mass is 31.2. The number of aliphatic hydroxyl groups is 1. The summed E-state index contributed by atoms with van der Waals surface area (Å²) in [6.07, 6.45) is 66.5. The van der Waals surface area contributed by atoms with Gasteiger partial charge in [-0.2, -0.15) is 0 Å². The van der Waals surface area contributed by atoms with Crippen LogP contribution in [0.4, 0.5) is 0 Å². The molecule has 0 spiro atoms. The Hall–Kier alpha value is -1.94. The number of aliphatic hydroxyl groups excluding tert-OH is 1. The van der Waals surface area contributed by atoms with Crippen molar-refractivity contribution in [1.29, 1.82) is 0 Å². The maximum atomic E-state index is 13.1. The molecule has 2 unspecified atom stereocenters. The van der Waals surface area contributed by atoms with E-state index in [1.54, 1.807) is 0 Å². The SMILES string of the molecule is CCCCCCCCCCCCCCCCCCCC(=O)O[C@H](COC(=O)CCCCCCCCCCCCCCCCCC)COP(=O)(O)OC[C@@H](O)COP(=O)(O)OC[C@@H](COC(=O)CCCCCCCCCCCC(C)C)OC(=O)CCCCCCCCCCCCCCCCCC. The Morgan fingerprint density at radius 2 is 0.455 bits per heavy atom. The Balaban J connectivity index is 5.26. The first-order valence-electron chi connectivity index (χ1n) is 42.6. The van der Waals surface area contributed by atoms with Crippen molar-refractivity contribution in [2.45, 2.75) is 457 Å². The van der Waals surface area contributed by atoms with Crippen molar-refractivity contribution in [3.05, 3.63) is 0 Å². The van der Waals surface area contributed by atoms with Gasteiger partial charge in [-0.3, -0.25) is 37.3 Å². The summed E-state index contributed by atoms with van der Waals surface area (Å²) in [7, 11) is -9.92. The molecule has 0 bridgehead atoms. The molecule has 0 aromatic carbocycles. The number of carbonyl (C=O) groups excluding carboxylic acids is 4. The molecular formula is C82H160O17P2. The van der Waals surface area contributed by atoms with E-state index in [1.807, 2.05) is 0 Å². The molecule has 0 saturated heterocycles. The van der Waals surface area contributed by atoms with Crippen molar-refractivity contribution in [1.82, 2.24) is 0 Å². The van der Waals surface area contributed by atoms with Crippen LogP contribution in [0.3, 0.4) is 0 Å². The van der Waals surface area contributed by atoms with Gasteiger partial charge in [-0.25, -0.2) is 9.13 Å². The molecule has 0 aromatic rings. The highest BCUT2D eigenvalue weighted by molar-refractivity contribution is 7.47. The van der Waals surface area contributed by atoms with E-state index in [4.69, 9.17) is 37.0 Å². The van der Waals surface area contributed by atoms with Gasteiger partial charge in [-0.1, -0.05) is 388 Å². The van der Waals surface area contributed by atoms with Crippen LogP contribution >= 0.6 is 15.6 Å². The highest BCUT2D eigenvalue weighted by Gasteiger charge is 2.30. The van der Waals surface area contributed by atoms with Gasteiger partial charge in [0.2, 0.25) is 0 Å². The lowest BCUT2D eigenvalue weighted by Gasteiger charge is -2.21. The minimum absolute atomic E-state index is 0.108. The second kappa shape index (κ2) is 74.9. The van der Waals surface area contributed by atoms with Crippen LogP contribution in [0.25, 0.3) is 0 Å². The fourth-order valence-corrected chi connectivity index (χ4v) is 14.3. The molecule has 19 heteroatoms. The number of rotatable bonds is 82. The van der Waals surface area contributed by atoms with Crippen LogP contribution in [0.2, 0.25) is 0 Å². The summed E-state index contributed by atoms with van der Waals surface area (Å²) in [5.74, 6) is -1.36. The Morgan fingerprint density at radius 3 is 0.673 bits per heavy atom. The van der Waals surface area contributed by atoms with E-state index in [0.717, 1.165) is 95.8 Å². The molecule has 0 amide bonds. The van der Waals surface area contributed by atoms with E-state index in [0.29, 0.717) is 25.7 Å². The summed E-state index contributed by atoms with van der Waals surface area (Å²) in [4.78, 5) is 73.1. The van der Waals surface area contributed by atoms with Crippen LogP contribution in [0, 0.1) is 5.92 Å². The van der Waals surface area contributed by atoms with E-state index in [1.165, 1.54) is 263 Å². The molecule has 3 N–H and O–H groups in total. The molecule has 0 aromatic heterocycles. The molecule has 0 aliphatic heterocycles. The lowest BCUT2D eigenvalue weighted by Crippen LogP contribution is -2.30. The van der Waals surface area contributed by atoms with E-state index in [2.05, 4.69) is 34.6 Å². The summed E-state index contributed by atoms with van der Waals surface area (Å²) in [6, 6.07) is 0. The zero-order valence-electron chi connectivity index (χ0n) is 66.1. The zero-order valence-corrected chi connectivity index (χ0v) is 67.8. The van der Waals surface area contributed by atoms with Crippen molar-refractivity contribution in [3.63, 3.8) is 0 Å². The molecule has 0 aliphatic rings. The minimum Gasteiger partial charge on any atom is -0.462 e. The minimum atomic E-state index is -4.96. The maximum absolute atomic E-state index is 13.1. The number of esters is 4. The predicted molar refractivity (Wildman–Crippen MR) is 414 cm³/mol. The van der Waals surface area contributed by atoms with Crippen LogP contribution in [-0.4, -0.2) is 96.7 Å². The number of ether oxygens (including phenoxy) is 4. The summed E-state index contributed by atoms with van der Waals surface area (Å²) in [5, 5.41) is 10.7. The van der Waals surface area contributed by atoms with Crippen LogP contribution in [-0.2, 0) is 65.4 Å². The number of hydrogen-bond donors (Lipinski definition) is 3. The third kappa shape index (κ3) is 76.1. The highest BCUT2D eigenvalue weighted by Crippen LogP contribution is 2.45. The van der Waals surface area contributed by atoms with Crippen LogP contribution in [0.5, 0.6) is 0 Å². The standard InChI is InChI=1S/C82H160O17P2/c1-6-9-12-15-18-21-24-27-30-33-36-39-42-47-53-58-63-68-81(86)98-77(71-92-79(84)65-60-55-50-45-40-37-34-31-28-25-22-19-16-13-10-7-2)73-96-100(88,89)94-69-76(83)70-95-101(90,91)97-74-78(72-93-80(85)66-61-56-51-48-43-44-49-54-59-64-75(4)5)99-82(87)67-62-57-52-46-41-38-35-32-29-26-23-20-17-14-11-8-3/h75-78,83H,6-74H2,1-5H3,(H,88,89)(H,90,91)/t76-,77-,78-/m1/s1. The van der Waals surface area contributed by atoms with Crippen molar-refractivity contribution in [2.75, 3.05) is 39.6 Å². The van der Waals surface area contributed by atoms with Crippen LogP contribution < -0.4 is 0 Å². The molecule has 0 fully saturated rings. The second-order valence-electron chi connectivity index (χ2n) is 30.0. The Bertz CT molecular complexity index is 1930. The summed E-state index contributed by atoms with van der Waals surface area (Å²) >= 11 is 0. The van der Waals surface area contributed by atoms with Gasteiger partial charge < -0.3 is 33.8 Å². The molecule has 0 heterocycles. The number of unbranched alkanes of at least 4 members (excludes halogenated alkanes) is 54. The number of carbonyl (C=O) groups is 4. The molecule has 600 valence electrons. The first-order chi connectivity index (χ1) is 49.0. The predicted octanol–water partition coefficient (Wildman–Crippen LogP) is 24.8. The largest absolute Gasteiger partial charge is 0.472 e. The first kappa shape index (κ1) is 99.1. The van der Waals surface area contributed by atoms with Gasteiger partial charge in [0.05, 0.1) is 26.4 Å². The van der Waals surface area contributed by atoms with E-state index in [-0.39, 0.29) is 25.7 Å². The van der Waals surface area contributed by atoms with Crippen LogP contribution in [0.15, 0.2) is 0 Å². The monoisotopic (exact) mass is 1480 g/mol. The number of hydrogen-bond acceptors (Lipinski definition) is 15. The fourth-order valence-electron chi connectivity index (χ4n) is 12.8. The Morgan fingerprint density at radius 1 is 0.267 bits per heavy atom. The summed E-state index contributed by atoms with van der Waals surface area (Å²) < 4.78 is 68.8. The molecule has 101 heavy (non-hydrogen) atoms. The number of phosphoric acid groups is 2. The molecular weight excluding hydrogens is 1320 g/mol. The smallest absolute Gasteiger partial charge is 0.462 e. The van der Waals surface area contributed by atoms with Gasteiger partial charge in [0.15, 0.2) is 12.2 Å². The summed E-state index contributed by atoms with van der Waals surface area (Å²) in [5.41, 5.74) is 0. The van der Waals surface area contributed by atoms with Gasteiger partial charge in [-0.05, 0) is 31.6 Å². The average Bonchev–Trinajstić information content (AvgIpc) is 0.970. The van der Waals surface area contributed by atoms with Gasteiger partial charge in [0, 0.05) is 25.7 Å². The Labute approximate surface area is 619 Å². The van der Waals surface area contributed by atoms with Crippen molar-refractivity contribution in [2.24, 2.45) is 5.92 Å². The molecule has 0 radical (unpaired) electrons. The average molecular weight is 1480 g/mol. The first-order valence-corrected chi connectivity index (χ1v) is 45.6. The van der Waals surface area contributed by atoms with Gasteiger partial charge >= 0.3 is 39.5 Å². The normalized spacial score (nSPS) is 13.8. The lowest BCUT2D eigenvalue weighted by molar-refractivity contribution is -0.161. The fraction of sp³-hybridized carbons (Fsp3) is 0.951. The van der Waals surface area contributed by atoms with Gasteiger partial charge in [0.1, 0.15) is 19.3 Å². The topological polar surface area (TPSA) is 237 Å². The molecule has 17 nitrogen and oxygen atoms in total. The number of phosphoric ester groups is 2. The quantitative estimate of drug-likeness (QED) is 0.0222. The summed E-state index contributed by atoms with van der Waals surface area (Å²) in [6.45, 7) is 7.33. The van der Waals surface area contributed by atoms with Crippen molar-refractivity contribution >= 4 is 39.5 Å². The molecule has 0 aliphatic carbocycles. The third-order valence-electron chi connectivity index (χ3n) is 19.3. The lowest BCUT2D eigenvalue weighted by atomic mass is 10.0. The maximum Gasteiger partial charge on any atom is 0.472 e. The van der Waals surface area contributed by atoms with Gasteiger partial charge in [-0.15, -0.1) is 0 Å². The second-order valence-corrected chi connectivity index (χ2v) is 32.9. The van der Waals surface area contributed by atoms with Crippen molar-refractivity contribution < 1.29 is 80.2 Å². The van der Waals surface area contributed by atoms with Crippen molar-refractivity contribution in [3.8, 4) is 0 Å². The molecule has 5 atom stereocenters.